The Bertz CT molecular complexity index is 888. The highest BCUT2D eigenvalue weighted by Crippen LogP contribution is 2.33. The Hall–Kier alpha value is -2.83. The lowest BCUT2D eigenvalue weighted by molar-refractivity contribution is 0.395. The molecule has 3 aromatic rings. The molecule has 0 spiro atoms. The Morgan fingerprint density at radius 3 is 2.58 bits per heavy atom. The summed E-state index contributed by atoms with van der Waals surface area (Å²) in [5.74, 6) is 2.81. The SMILES string of the molecule is CCn1nc(C)c2nc(C)nc(Nc3ccc(OC)cc3OC)c21. The van der Waals surface area contributed by atoms with E-state index in [9.17, 15) is 0 Å². The quantitative estimate of drug-likeness (QED) is 0.775. The van der Waals surface area contributed by atoms with Crippen LogP contribution in [-0.4, -0.2) is 34.0 Å². The predicted molar refractivity (Wildman–Crippen MR) is 93.3 cm³/mol. The molecule has 7 nitrogen and oxygen atoms in total. The first-order valence-electron chi connectivity index (χ1n) is 7.78. The van der Waals surface area contributed by atoms with Gasteiger partial charge in [-0.1, -0.05) is 0 Å². The second-order valence-electron chi connectivity index (χ2n) is 5.41. The zero-order chi connectivity index (χ0) is 17.3. The van der Waals surface area contributed by atoms with Crippen molar-refractivity contribution in [3.63, 3.8) is 0 Å². The number of methoxy groups -OCH3 is 2. The summed E-state index contributed by atoms with van der Waals surface area (Å²) in [5.41, 5.74) is 3.44. The Balaban J connectivity index is 2.13. The third-order valence-corrected chi connectivity index (χ3v) is 3.83. The summed E-state index contributed by atoms with van der Waals surface area (Å²) >= 11 is 0. The molecule has 126 valence electrons. The van der Waals surface area contributed by atoms with E-state index in [4.69, 9.17) is 9.47 Å². The third-order valence-electron chi connectivity index (χ3n) is 3.83. The maximum atomic E-state index is 5.46. The van der Waals surface area contributed by atoms with Crippen molar-refractivity contribution in [2.45, 2.75) is 27.3 Å². The number of nitrogens with one attached hydrogen (secondary N) is 1. The number of benzene rings is 1. The van der Waals surface area contributed by atoms with Crippen LogP contribution in [0.4, 0.5) is 11.5 Å². The van der Waals surface area contributed by atoms with Crippen LogP contribution >= 0.6 is 0 Å². The van der Waals surface area contributed by atoms with Crippen LogP contribution in [-0.2, 0) is 6.54 Å². The predicted octanol–water partition coefficient (Wildman–Crippen LogP) is 3.22. The van der Waals surface area contributed by atoms with Gasteiger partial charge in [0.05, 0.1) is 25.6 Å². The van der Waals surface area contributed by atoms with Crippen molar-refractivity contribution in [2.24, 2.45) is 0 Å². The molecule has 3 rings (SSSR count). The van der Waals surface area contributed by atoms with E-state index in [0.29, 0.717) is 17.4 Å². The molecule has 0 saturated carbocycles. The van der Waals surface area contributed by atoms with Gasteiger partial charge in [0.15, 0.2) is 5.82 Å². The van der Waals surface area contributed by atoms with Crippen LogP contribution < -0.4 is 14.8 Å². The van der Waals surface area contributed by atoms with Gasteiger partial charge in [-0.25, -0.2) is 9.97 Å². The third kappa shape index (κ3) is 2.73. The van der Waals surface area contributed by atoms with E-state index in [2.05, 4.69) is 20.4 Å². The van der Waals surface area contributed by atoms with Gasteiger partial charge in [0.25, 0.3) is 0 Å². The van der Waals surface area contributed by atoms with Crippen molar-refractivity contribution in [2.75, 3.05) is 19.5 Å². The second kappa shape index (κ2) is 6.35. The van der Waals surface area contributed by atoms with E-state index in [-0.39, 0.29) is 0 Å². The lowest BCUT2D eigenvalue weighted by atomic mass is 10.2. The highest BCUT2D eigenvalue weighted by molar-refractivity contribution is 5.90. The number of nitrogens with zero attached hydrogens (tertiary/aromatic N) is 4. The highest BCUT2D eigenvalue weighted by atomic mass is 16.5. The molecule has 2 heterocycles. The van der Waals surface area contributed by atoms with E-state index in [1.54, 1.807) is 14.2 Å². The van der Waals surface area contributed by atoms with Gasteiger partial charge in [0.2, 0.25) is 0 Å². The Morgan fingerprint density at radius 2 is 1.92 bits per heavy atom. The van der Waals surface area contributed by atoms with Crippen molar-refractivity contribution in [3.05, 3.63) is 29.7 Å². The summed E-state index contributed by atoms with van der Waals surface area (Å²) in [6.45, 7) is 6.62. The molecule has 0 atom stereocenters. The van der Waals surface area contributed by atoms with Gasteiger partial charge >= 0.3 is 0 Å². The number of anilines is 2. The van der Waals surface area contributed by atoms with Gasteiger partial charge in [-0.2, -0.15) is 5.10 Å². The monoisotopic (exact) mass is 327 g/mol. The first-order chi connectivity index (χ1) is 11.6. The molecule has 0 radical (unpaired) electrons. The molecular formula is C17H21N5O2. The zero-order valence-corrected chi connectivity index (χ0v) is 14.5. The van der Waals surface area contributed by atoms with Gasteiger partial charge < -0.3 is 14.8 Å². The fraction of sp³-hybridized carbons (Fsp3) is 0.353. The van der Waals surface area contributed by atoms with Crippen molar-refractivity contribution in [3.8, 4) is 11.5 Å². The first kappa shape index (κ1) is 16.0. The minimum absolute atomic E-state index is 0.679. The molecular weight excluding hydrogens is 306 g/mol. The van der Waals surface area contributed by atoms with Crippen LogP contribution in [0, 0.1) is 13.8 Å². The largest absolute Gasteiger partial charge is 0.497 e. The highest BCUT2D eigenvalue weighted by Gasteiger charge is 2.16. The van der Waals surface area contributed by atoms with E-state index >= 15 is 0 Å². The number of hydrogen-bond acceptors (Lipinski definition) is 6. The van der Waals surface area contributed by atoms with Gasteiger partial charge in [-0.3, -0.25) is 4.68 Å². The minimum atomic E-state index is 0.679. The molecule has 0 fully saturated rings. The molecule has 0 amide bonds. The van der Waals surface area contributed by atoms with Crippen LogP contribution in [0.2, 0.25) is 0 Å². The lowest BCUT2D eigenvalue weighted by Crippen LogP contribution is -2.04. The van der Waals surface area contributed by atoms with E-state index in [1.807, 2.05) is 43.7 Å². The number of fused-ring (bicyclic) bond motifs is 1. The fourth-order valence-electron chi connectivity index (χ4n) is 2.69. The molecule has 0 bridgehead atoms. The fourth-order valence-corrected chi connectivity index (χ4v) is 2.69. The standard InChI is InChI=1S/C17H21N5O2/c1-6-22-16-15(10(2)21-22)18-11(3)19-17(16)20-13-8-7-12(23-4)9-14(13)24-5/h7-9H,6H2,1-5H3,(H,18,19,20). The second-order valence-corrected chi connectivity index (χ2v) is 5.41. The molecule has 0 unspecified atom stereocenters. The van der Waals surface area contributed by atoms with E-state index < -0.39 is 0 Å². The number of hydrogen-bond donors (Lipinski definition) is 1. The summed E-state index contributed by atoms with van der Waals surface area (Å²) in [4.78, 5) is 9.10. The van der Waals surface area contributed by atoms with Crippen LogP contribution in [0.15, 0.2) is 18.2 Å². The minimum Gasteiger partial charge on any atom is -0.497 e. The molecule has 7 heteroatoms. The summed E-state index contributed by atoms with van der Waals surface area (Å²) in [6, 6.07) is 5.61. The molecule has 24 heavy (non-hydrogen) atoms. The average molecular weight is 327 g/mol. The van der Waals surface area contributed by atoms with Crippen molar-refractivity contribution in [1.29, 1.82) is 0 Å². The zero-order valence-electron chi connectivity index (χ0n) is 14.5. The molecule has 0 aliphatic carbocycles. The van der Waals surface area contributed by atoms with Crippen molar-refractivity contribution < 1.29 is 9.47 Å². The van der Waals surface area contributed by atoms with Crippen LogP contribution in [0.5, 0.6) is 11.5 Å². The molecule has 0 saturated heterocycles. The summed E-state index contributed by atoms with van der Waals surface area (Å²) in [7, 11) is 3.25. The topological polar surface area (TPSA) is 74.1 Å². The normalized spacial score (nSPS) is 10.9. The van der Waals surface area contributed by atoms with Gasteiger partial charge in [0.1, 0.15) is 28.4 Å². The van der Waals surface area contributed by atoms with Gasteiger partial charge in [-0.05, 0) is 32.9 Å². The average Bonchev–Trinajstić information content (AvgIpc) is 2.91. The maximum absolute atomic E-state index is 5.46. The van der Waals surface area contributed by atoms with Crippen LogP contribution in [0.25, 0.3) is 11.0 Å². The summed E-state index contributed by atoms with van der Waals surface area (Å²) in [6.07, 6.45) is 0. The molecule has 1 N–H and O–H groups in total. The van der Waals surface area contributed by atoms with Crippen LogP contribution in [0.1, 0.15) is 18.4 Å². The van der Waals surface area contributed by atoms with E-state index in [1.165, 1.54) is 0 Å². The molecule has 0 aliphatic heterocycles. The van der Waals surface area contributed by atoms with Crippen molar-refractivity contribution in [1.82, 2.24) is 19.7 Å². The smallest absolute Gasteiger partial charge is 0.160 e. The number of rotatable bonds is 5. The Labute approximate surface area is 140 Å². The number of ether oxygens (including phenoxy) is 2. The van der Waals surface area contributed by atoms with Gasteiger partial charge in [-0.15, -0.1) is 0 Å². The number of aryl methyl sites for hydroxylation is 3. The summed E-state index contributed by atoms with van der Waals surface area (Å²) in [5, 5.41) is 7.90. The number of aromatic nitrogens is 4. The first-order valence-corrected chi connectivity index (χ1v) is 7.78. The van der Waals surface area contributed by atoms with Crippen molar-refractivity contribution >= 4 is 22.5 Å². The van der Waals surface area contributed by atoms with Gasteiger partial charge in [0, 0.05) is 12.6 Å². The maximum Gasteiger partial charge on any atom is 0.160 e. The lowest BCUT2D eigenvalue weighted by Gasteiger charge is -2.13. The Morgan fingerprint density at radius 1 is 1.12 bits per heavy atom. The van der Waals surface area contributed by atoms with E-state index in [0.717, 1.165) is 34.7 Å². The molecule has 2 aromatic heterocycles. The molecule has 0 aliphatic rings. The van der Waals surface area contributed by atoms with Crippen LogP contribution in [0.3, 0.4) is 0 Å². The Kier molecular flexibility index (Phi) is 4.24. The molecule has 1 aromatic carbocycles. The summed E-state index contributed by atoms with van der Waals surface area (Å²) < 4.78 is 12.6.